The largest absolute Gasteiger partial charge is 0.0654 e. The molecule has 0 heteroatoms. The molecule has 0 saturated heterocycles. The van der Waals surface area contributed by atoms with E-state index >= 15 is 0 Å². The number of unbranched alkanes of at least 4 members (excludes halogenated alkanes) is 20. The third kappa shape index (κ3) is 14.9. The number of benzene rings is 2. The molecule has 0 bridgehead atoms. The van der Waals surface area contributed by atoms with Crippen molar-refractivity contribution in [3.8, 4) is 0 Å². The molecule has 0 aliphatic rings. The number of rotatable bonds is 27. The summed E-state index contributed by atoms with van der Waals surface area (Å²) in [5.41, 5.74) is 2.96. The van der Waals surface area contributed by atoms with Gasteiger partial charge in [-0.3, -0.25) is 0 Å². The molecular weight excluding hydrogens is 492 g/mol. The Morgan fingerprint density at radius 1 is 0.439 bits per heavy atom. The van der Waals surface area contributed by atoms with Crippen LogP contribution in [0.5, 0.6) is 0 Å². The second kappa shape index (κ2) is 23.9. The Labute approximate surface area is 257 Å². The molecule has 0 aliphatic heterocycles. The molecule has 2 radical (unpaired) electrons. The molecule has 0 saturated carbocycles. The Morgan fingerprint density at radius 3 is 1.00 bits per heavy atom. The molecule has 0 N–H and O–H groups in total. The van der Waals surface area contributed by atoms with E-state index in [2.05, 4.69) is 81.4 Å². The van der Waals surface area contributed by atoms with Crippen LogP contribution in [0.3, 0.4) is 0 Å². The standard InChI is InChI=1S/C41H66/c1-4-6-8-10-12-14-16-18-20-22-26-32-38(33-27-23-21-19-17-15-13-11-9-7-5-2)41(3,39-34-28-24-29-35-39)40-36-30-25-31-37-40/h28-31,34-38H,4-23,26-27,32-33H2,1-3H3. The monoisotopic (exact) mass is 559 g/mol. The van der Waals surface area contributed by atoms with E-state index in [1.165, 1.54) is 165 Å². The third-order valence-corrected chi connectivity index (χ3v) is 9.76. The molecule has 0 aliphatic carbocycles. The van der Waals surface area contributed by atoms with Gasteiger partial charge in [-0.2, -0.15) is 0 Å². The Hall–Kier alpha value is -1.56. The first-order valence-electron chi connectivity index (χ1n) is 18.2. The molecule has 0 atom stereocenters. The first-order valence-corrected chi connectivity index (χ1v) is 18.2. The van der Waals surface area contributed by atoms with Gasteiger partial charge in [0.2, 0.25) is 0 Å². The molecule has 0 amide bonds. The van der Waals surface area contributed by atoms with Crippen LogP contribution in [-0.4, -0.2) is 0 Å². The van der Waals surface area contributed by atoms with Crippen LogP contribution in [0.1, 0.15) is 186 Å². The molecule has 0 heterocycles. The van der Waals surface area contributed by atoms with Crippen LogP contribution in [-0.2, 0) is 5.41 Å². The number of hydrogen-bond donors (Lipinski definition) is 0. The Balaban J connectivity index is 1.86. The van der Waals surface area contributed by atoms with E-state index in [0.29, 0.717) is 5.92 Å². The van der Waals surface area contributed by atoms with E-state index in [1.54, 1.807) is 0 Å². The quantitative estimate of drug-likeness (QED) is 0.0956. The number of hydrogen-bond acceptors (Lipinski definition) is 0. The second-order valence-corrected chi connectivity index (χ2v) is 13.1. The molecule has 2 aromatic carbocycles. The fourth-order valence-electron chi connectivity index (χ4n) is 6.94. The Morgan fingerprint density at radius 2 is 0.707 bits per heavy atom. The van der Waals surface area contributed by atoms with Gasteiger partial charge in [-0.25, -0.2) is 0 Å². The van der Waals surface area contributed by atoms with Crippen molar-refractivity contribution in [1.82, 2.24) is 0 Å². The topological polar surface area (TPSA) is 0 Å². The van der Waals surface area contributed by atoms with Crippen molar-refractivity contribution >= 4 is 0 Å². The minimum Gasteiger partial charge on any atom is -0.0654 e. The molecular formula is C41H66. The van der Waals surface area contributed by atoms with Crippen LogP contribution < -0.4 is 0 Å². The summed E-state index contributed by atoms with van der Waals surface area (Å²) < 4.78 is 0. The summed E-state index contributed by atoms with van der Waals surface area (Å²) in [7, 11) is 0. The Bertz CT molecular complexity index is 741. The average molecular weight is 559 g/mol. The van der Waals surface area contributed by atoms with Crippen molar-refractivity contribution < 1.29 is 0 Å². The van der Waals surface area contributed by atoms with Crippen LogP contribution in [0.4, 0.5) is 0 Å². The van der Waals surface area contributed by atoms with Crippen molar-refractivity contribution in [3.05, 3.63) is 71.8 Å². The van der Waals surface area contributed by atoms with E-state index in [-0.39, 0.29) is 5.41 Å². The highest BCUT2D eigenvalue weighted by Gasteiger charge is 2.36. The molecule has 0 spiro atoms. The molecule has 0 nitrogen and oxygen atoms in total. The summed E-state index contributed by atoms with van der Waals surface area (Å²) >= 11 is 0. The molecule has 0 unspecified atom stereocenters. The van der Waals surface area contributed by atoms with Crippen LogP contribution in [0.25, 0.3) is 0 Å². The summed E-state index contributed by atoms with van der Waals surface area (Å²) in [5.74, 6) is 0.671. The maximum Gasteiger partial charge on any atom is 0.0202 e. The summed E-state index contributed by atoms with van der Waals surface area (Å²) in [6, 6.07) is 24.3. The molecule has 2 aromatic rings. The summed E-state index contributed by atoms with van der Waals surface area (Å²) in [4.78, 5) is 0. The van der Waals surface area contributed by atoms with Gasteiger partial charge in [-0.05, 0) is 42.0 Å². The van der Waals surface area contributed by atoms with Gasteiger partial charge in [0, 0.05) is 5.41 Å². The predicted molar refractivity (Wildman–Crippen MR) is 183 cm³/mol. The maximum absolute atomic E-state index is 3.27. The van der Waals surface area contributed by atoms with Crippen molar-refractivity contribution in [3.63, 3.8) is 0 Å². The van der Waals surface area contributed by atoms with Crippen LogP contribution in [0.2, 0.25) is 0 Å². The van der Waals surface area contributed by atoms with E-state index in [4.69, 9.17) is 0 Å². The van der Waals surface area contributed by atoms with E-state index < -0.39 is 0 Å². The average Bonchev–Trinajstić information content (AvgIpc) is 3.02. The van der Waals surface area contributed by atoms with Crippen LogP contribution in [0.15, 0.2) is 48.5 Å². The second-order valence-electron chi connectivity index (χ2n) is 13.1. The van der Waals surface area contributed by atoms with E-state index in [0.717, 1.165) is 0 Å². The van der Waals surface area contributed by atoms with Gasteiger partial charge >= 0.3 is 0 Å². The highest BCUT2D eigenvalue weighted by atomic mass is 14.4. The van der Waals surface area contributed by atoms with Crippen LogP contribution >= 0.6 is 0 Å². The van der Waals surface area contributed by atoms with Gasteiger partial charge in [0.15, 0.2) is 0 Å². The summed E-state index contributed by atoms with van der Waals surface area (Å²) in [5, 5.41) is 0. The normalized spacial score (nSPS) is 11.9. The van der Waals surface area contributed by atoms with Gasteiger partial charge in [-0.15, -0.1) is 0 Å². The molecule has 2 rings (SSSR count). The zero-order chi connectivity index (χ0) is 29.3. The lowest BCUT2D eigenvalue weighted by Gasteiger charge is -2.40. The van der Waals surface area contributed by atoms with Gasteiger partial charge in [0.1, 0.15) is 0 Å². The van der Waals surface area contributed by atoms with E-state index in [1.807, 2.05) is 0 Å². The molecule has 0 fully saturated rings. The Kier molecular flexibility index (Phi) is 20.8. The lowest BCUT2D eigenvalue weighted by atomic mass is 9.64. The van der Waals surface area contributed by atoms with Crippen molar-refractivity contribution in [2.75, 3.05) is 0 Å². The summed E-state index contributed by atoms with van der Waals surface area (Å²) in [6.45, 7) is 7.14. The van der Waals surface area contributed by atoms with Crippen LogP contribution in [0, 0.1) is 18.1 Å². The lowest BCUT2D eigenvalue weighted by molar-refractivity contribution is 0.284. The minimum atomic E-state index is 0.0428. The highest BCUT2D eigenvalue weighted by Crippen LogP contribution is 2.44. The summed E-state index contributed by atoms with van der Waals surface area (Å²) in [6.07, 6.45) is 33.8. The fraction of sp³-hybridized carbons (Fsp3) is 0.707. The van der Waals surface area contributed by atoms with Gasteiger partial charge in [0.05, 0.1) is 0 Å². The third-order valence-electron chi connectivity index (χ3n) is 9.76. The SMILES string of the molecule is CCCCCCCCCCCCCC(CCCCCCCCCCCCC)C(C)(c1cc[c]cc1)c1cc[c]cc1. The smallest absolute Gasteiger partial charge is 0.0202 e. The van der Waals surface area contributed by atoms with Gasteiger partial charge < -0.3 is 0 Å². The first kappa shape index (κ1) is 35.6. The molecule has 41 heavy (non-hydrogen) atoms. The molecule has 230 valence electrons. The van der Waals surface area contributed by atoms with Gasteiger partial charge in [0.25, 0.3) is 0 Å². The van der Waals surface area contributed by atoms with Crippen molar-refractivity contribution in [1.29, 1.82) is 0 Å². The van der Waals surface area contributed by atoms with Gasteiger partial charge in [-0.1, -0.05) is 211 Å². The zero-order valence-electron chi connectivity index (χ0n) is 27.7. The van der Waals surface area contributed by atoms with Crippen molar-refractivity contribution in [2.24, 2.45) is 5.92 Å². The van der Waals surface area contributed by atoms with Crippen molar-refractivity contribution in [2.45, 2.75) is 180 Å². The van der Waals surface area contributed by atoms with E-state index in [9.17, 15) is 0 Å². The maximum atomic E-state index is 3.27. The molecule has 0 aromatic heterocycles. The highest BCUT2D eigenvalue weighted by molar-refractivity contribution is 5.39. The minimum absolute atomic E-state index is 0.0428. The lowest BCUT2D eigenvalue weighted by Crippen LogP contribution is -2.33. The predicted octanol–water partition coefficient (Wildman–Crippen LogP) is 13.6. The first-order chi connectivity index (χ1) is 20.2. The fourth-order valence-corrected chi connectivity index (χ4v) is 6.94. The zero-order valence-corrected chi connectivity index (χ0v) is 27.7.